The molecule has 0 aliphatic rings. The third-order valence-electron chi connectivity index (χ3n) is 3.88. The first-order chi connectivity index (χ1) is 13.3. The highest BCUT2D eigenvalue weighted by Gasteiger charge is 2.21. The molecule has 146 valence electrons. The fourth-order valence-corrected chi connectivity index (χ4v) is 2.51. The van der Waals surface area contributed by atoms with Crippen molar-refractivity contribution in [2.24, 2.45) is 0 Å². The van der Waals surface area contributed by atoms with Crippen molar-refractivity contribution < 1.29 is 24.1 Å². The third-order valence-corrected chi connectivity index (χ3v) is 3.88. The van der Waals surface area contributed by atoms with E-state index in [9.17, 15) is 0 Å². The van der Waals surface area contributed by atoms with Crippen LogP contribution in [0, 0.1) is 0 Å². The fraction of sp³-hybridized carbons (Fsp3) is 0.364. The normalized spacial score (nSPS) is 13.7. The Morgan fingerprint density at radius 2 is 1.52 bits per heavy atom. The first-order valence-corrected chi connectivity index (χ1v) is 8.98. The monoisotopic (exact) mass is 372 g/mol. The molecular formula is C22H28O5. The molecule has 0 radical (unpaired) electrons. The molecule has 1 N–H and O–H groups in total. The maximum Gasteiger partial charge on any atom is 0.146 e. The van der Waals surface area contributed by atoms with E-state index >= 15 is 0 Å². The van der Waals surface area contributed by atoms with Crippen LogP contribution in [0.2, 0.25) is 0 Å². The van der Waals surface area contributed by atoms with Gasteiger partial charge in [-0.25, -0.2) is 0 Å². The van der Waals surface area contributed by atoms with Crippen LogP contribution < -0.4 is 0 Å². The van der Waals surface area contributed by atoms with Gasteiger partial charge in [0.1, 0.15) is 19.0 Å². The summed E-state index contributed by atoms with van der Waals surface area (Å²) in [6.07, 6.45) is 2.72. The van der Waals surface area contributed by atoms with Crippen LogP contribution >= 0.6 is 0 Å². The lowest BCUT2D eigenvalue weighted by atomic mass is 10.2. The molecule has 0 aliphatic heterocycles. The van der Waals surface area contributed by atoms with Gasteiger partial charge in [-0.1, -0.05) is 72.8 Å². The number of benzene rings is 2. The van der Waals surface area contributed by atoms with E-state index in [4.69, 9.17) is 24.1 Å². The minimum absolute atomic E-state index is 0.0624. The van der Waals surface area contributed by atoms with Gasteiger partial charge in [0, 0.05) is 7.11 Å². The van der Waals surface area contributed by atoms with E-state index in [0.717, 1.165) is 11.1 Å². The molecule has 0 saturated heterocycles. The molecule has 0 fully saturated rings. The van der Waals surface area contributed by atoms with E-state index in [1.807, 2.05) is 60.7 Å². The quantitative estimate of drug-likeness (QED) is 0.432. The maximum absolute atomic E-state index is 9.14. The largest absolute Gasteiger partial charge is 0.392 e. The minimum Gasteiger partial charge on any atom is -0.392 e. The van der Waals surface area contributed by atoms with Crippen LogP contribution in [0.3, 0.4) is 0 Å². The maximum atomic E-state index is 9.14. The second kappa shape index (κ2) is 13.2. The van der Waals surface area contributed by atoms with Crippen LogP contribution in [0.1, 0.15) is 11.1 Å². The van der Waals surface area contributed by atoms with Crippen molar-refractivity contribution in [1.82, 2.24) is 0 Å². The van der Waals surface area contributed by atoms with Crippen molar-refractivity contribution >= 4 is 0 Å². The van der Waals surface area contributed by atoms with E-state index in [0.29, 0.717) is 19.8 Å². The summed E-state index contributed by atoms with van der Waals surface area (Å²) in [5.74, 6) is 0. The van der Waals surface area contributed by atoms with Crippen molar-refractivity contribution in [1.29, 1.82) is 0 Å². The van der Waals surface area contributed by atoms with Crippen molar-refractivity contribution in [3.05, 3.63) is 83.9 Å². The zero-order valence-electron chi connectivity index (χ0n) is 15.7. The molecule has 2 aromatic carbocycles. The molecule has 2 aromatic rings. The van der Waals surface area contributed by atoms with Crippen LogP contribution in [-0.2, 0) is 32.2 Å². The molecule has 0 aliphatic carbocycles. The van der Waals surface area contributed by atoms with Gasteiger partial charge in [-0.05, 0) is 11.1 Å². The zero-order valence-corrected chi connectivity index (χ0v) is 15.7. The number of aliphatic hydroxyl groups is 1. The van der Waals surface area contributed by atoms with Gasteiger partial charge >= 0.3 is 0 Å². The Bertz CT molecular complexity index is 630. The summed E-state index contributed by atoms with van der Waals surface area (Å²) in [7, 11) is 1.57. The van der Waals surface area contributed by atoms with Gasteiger partial charge in [-0.3, -0.25) is 0 Å². The van der Waals surface area contributed by atoms with Crippen LogP contribution in [-0.4, -0.2) is 44.4 Å². The molecule has 0 aromatic heterocycles. The number of aliphatic hydroxyl groups excluding tert-OH is 1. The lowest BCUT2D eigenvalue weighted by Crippen LogP contribution is -2.35. The zero-order chi connectivity index (χ0) is 19.2. The highest BCUT2D eigenvalue weighted by molar-refractivity contribution is 5.14. The molecule has 0 spiro atoms. The Hall–Kier alpha value is -2.02. The highest BCUT2D eigenvalue weighted by atomic mass is 16.7. The van der Waals surface area contributed by atoms with Gasteiger partial charge in [0.05, 0.1) is 26.4 Å². The molecule has 0 heterocycles. The van der Waals surface area contributed by atoms with Crippen LogP contribution in [0.4, 0.5) is 0 Å². The summed E-state index contributed by atoms with van der Waals surface area (Å²) >= 11 is 0. The lowest BCUT2D eigenvalue weighted by molar-refractivity contribution is -0.142. The first-order valence-electron chi connectivity index (χ1n) is 8.98. The Morgan fingerprint density at radius 1 is 0.889 bits per heavy atom. The summed E-state index contributed by atoms with van der Waals surface area (Å²) in [5, 5.41) is 9.14. The van der Waals surface area contributed by atoms with E-state index in [1.165, 1.54) is 0 Å². The second-order valence-electron chi connectivity index (χ2n) is 5.98. The Kier molecular flexibility index (Phi) is 10.4. The number of ether oxygens (including phenoxy) is 4. The SMILES string of the molecule is COCO[C@H](COCc1ccccc1)[C@H](/C=C/CO)OCc1ccccc1. The van der Waals surface area contributed by atoms with E-state index in [1.54, 1.807) is 19.3 Å². The van der Waals surface area contributed by atoms with Crippen molar-refractivity contribution in [3.8, 4) is 0 Å². The van der Waals surface area contributed by atoms with Crippen molar-refractivity contribution in [2.45, 2.75) is 25.4 Å². The van der Waals surface area contributed by atoms with E-state index in [2.05, 4.69) is 0 Å². The Morgan fingerprint density at radius 3 is 2.11 bits per heavy atom. The second-order valence-corrected chi connectivity index (χ2v) is 5.98. The Labute approximate surface area is 161 Å². The summed E-state index contributed by atoms with van der Waals surface area (Å²) in [6, 6.07) is 19.9. The average molecular weight is 372 g/mol. The molecule has 0 bridgehead atoms. The molecule has 2 atom stereocenters. The summed E-state index contributed by atoms with van der Waals surface area (Å²) in [5.41, 5.74) is 2.16. The van der Waals surface area contributed by atoms with Gasteiger partial charge < -0.3 is 24.1 Å². The Balaban J connectivity index is 1.96. The molecule has 0 saturated carbocycles. The molecule has 5 heteroatoms. The van der Waals surface area contributed by atoms with Gasteiger partial charge in [-0.15, -0.1) is 0 Å². The highest BCUT2D eigenvalue weighted by Crippen LogP contribution is 2.13. The minimum atomic E-state index is -0.372. The van der Waals surface area contributed by atoms with Gasteiger partial charge in [0.15, 0.2) is 0 Å². The fourth-order valence-electron chi connectivity index (χ4n) is 2.51. The standard InChI is InChI=1S/C22H28O5/c1-24-18-27-22(17-25-15-19-9-4-2-5-10-19)21(13-8-14-23)26-16-20-11-6-3-7-12-20/h2-13,21-23H,14-18H2,1H3/b13-8+/t21-,22+/m0/s1. The molecule has 0 amide bonds. The van der Waals surface area contributed by atoms with Crippen molar-refractivity contribution in [2.75, 3.05) is 27.1 Å². The lowest BCUT2D eigenvalue weighted by Gasteiger charge is -2.25. The number of hydrogen-bond donors (Lipinski definition) is 1. The third kappa shape index (κ3) is 8.47. The van der Waals surface area contributed by atoms with Crippen LogP contribution in [0.15, 0.2) is 72.8 Å². The smallest absolute Gasteiger partial charge is 0.146 e. The first kappa shape index (κ1) is 21.3. The summed E-state index contributed by atoms with van der Waals surface area (Å²) in [6.45, 7) is 1.34. The molecule has 2 rings (SSSR count). The predicted octanol–water partition coefficient (Wildman–Crippen LogP) is 3.33. The molecular weight excluding hydrogens is 344 g/mol. The molecule has 27 heavy (non-hydrogen) atoms. The topological polar surface area (TPSA) is 57.2 Å². The van der Waals surface area contributed by atoms with Crippen molar-refractivity contribution in [3.63, 3.8) is 0 Å². The number of methoxy groups -OCH3 is 1. The van der Waals surface area contributed by atoms with Gasteiger partial charge in [-0.2, -0.15) is 0 Å². The molecule has 5 nitrogen and oxygen atoms in total. The van der Waals surface area contributed by atoms with Gasteiger partial charge in [0.25, 0.3) is 0 Å². The molecule has 0 unspecified atom stereocenters. The average Bonchev–Trinajstić information content (AvgIpc) is 2.72. The van der Waals surface area contributed by atoms with E-state index in [-0.39, 0.29) is 25.6 Å². The summed E-state index contributed by atoms with van der Waals surface area (Å²) in [4.78, 5) is 0. The van der Waals surface area contributed by atoms with Crippen LogP contribution in [0.5, 0.6) is 0 Å². The predicted molar refractivity (Wildman–Crippen MR) is 104 cm³/mol. The number of hydrogen-bond acceptors (Lipinski definition) is 5. The van der Waals surface area contributed by atoms with Crippen LogP contribution in [0.25, 0.3) is 0 Å². The summed E-state index contributed by atoms with van der Waals surface area (Å²) < 4.78 is 22.7. The van der Waals surface area contributed by atoms with E-state index < -0.39 is 0 Å². The number of rotatable bonds is 13. The van der Waals surface area contributed by atoms with Gasteiger partial charge in [0.2, 0.25) is 0 Å².